The molecule has 114 valence electrons. The van der Waals surface area contributed by atoms with Gasteiger partial charge in [0.1, 0.15) is 0 Å². The number of benzene rings is 1. The SMILES string of the molecule is COc1cc(C=C[N+](=O)[O-])cc(Br)c1OC(=O)C(C)(C)C. The fourth-order valence-corrected chi connectivity index (χ4v) is 1.87. The van der Waals surface area contributed by atoms with Crippen LogP contribution in [0.25, 0.3) is 6.08 Å². The number of hydrogen-bond acceptors (Lipinski definition) is 5. The fraction of sp³-hybridized carbons (Fsp3) is 0.357. The van der Waals surface area contributed by atoms with Gasteiger partial charge in [-0.25, -0.2) is 0 Å². The zero-order chi connectivity index (χ0) is 16.2. The van der Waals surface area contributed by atoms with Crippen molar-refractivity contribution in [2.75, 3.05) is 7.11 Å². The maximum Gasteiger partial charge on any atom is 0.316 e. The summed E-state index contributed by atoms with van der Waals surface area (Å²) in [5, 5.41) is 10.3. The molecule has 0 saturated heterocycles. The molecular weight excluding hydrogens is 342 g/mol. The molecule has 1 aromatic rings. The van der Waals surface area contributed by atoms with Gasteiger partial charge in [0.15, 0.2) is 11.5 Å². The smallest absolute Gasteiger partial charge is 0.316 e. The van der Waals surface area contributed by atoms with Crippen LogP contribution in [0, 0.1) is 15.5 Å². The monoisotopic (exact) mass is 357 g/mol. The van der Waals surface area contributed by atoms with Crippen LogP contribution < -0.4 is 9.47 Å². The Morgan fingerprint density at radius 1 is 1.38 bits per heavy atom. The Bertz CT molecular complexity index is 590. The van der Waals surface area contributed by atoms with Gasteiger partial charge in [-0.15, -0.1) is 0 Å². The molecule has 0 bridgehead atoms. The lowest BCUT2D eigenvalue weighted by atomic mass is 9.97. The quantitative estimate of drug-likeness (QED) is 0.355. The van der Waals surface area contributed by atoms with E-state index in [2.05, 4.69) is 15.9 Å². The van der Waals surface area contributed by atoms with Gasteiger partial charge in [0.05, 0.1) is 21.9 Å². The van der Waals surface area contributed by atoms with Crippen molar-refractivity contribution in [3.63, 3.8) is 0 Å². The Hall–Kier alpha value is -1.89. The van der Waals surface area contributed by atoms with Gasteiger partial charge in [-0.05, 0) is 54.4 Å². The molecule has 0 heterocycles. The van der Waals surface area contributed by atoms with Crippen molar-refractivity contribution in [1.82, 2.24) is 0 Å². The topological polar surface area (TPSA) is 78.7 Å². The van der Waals surface area contributed by atoms with Gasteiger partial charge in [0.25, 0.3) is 0 Å². The van der Waals surface area contributed by atoms with Gasteiger partial charge in [0.2, 0.25) is 6.20 Å². The summed E-state index contributed by atoms with van der Waals surface area (Å²) in [7, 11) is 1.43. The number of nitrogens with zero attached hydrogens (tertiary/aromatic N) is 1. The van der Waals surface area contributed by atoms with E-state index < -0.39 is 16.3 Å². The predicted octanol–water partition coefficient (Wildman–Crippen LogP) is 3.66. The second-order valence-electron chi connectivity index (χ2n) is 5.27. The molecule has 0 spiro atoms. The second-order valence-corrected chi connectivity index (χ2v) is 6.13. The van der Waals surface area contributed by atoms with Crippen LogP contribution in [0.5, 0.6) is 11.5 Å². The Balaban J connectivity index is 3.17. The highest BCUT2D eigenvalue weighted by molar-refractivity contribution is 9.10. The summed E-state index contributed by atoms with van der Waals surface area (Å²) in [5.41, 5.74) is -0.111. The molecule has 0 atom stereocenters. The normalized spacial score (nSPS) is 11.5. The molecule has 6 nitrogen and oxygen atoms in total. The van der Waals surface area contributed by atoms with Crippen LogP contribution in [-0.4, -0.2) is 18.0 Å². The summed E-state index contributed by atoms with van der Waals surface area (Å²) in [6.45, 7) is 5.22. The molecule has 0 unspecified atom stereocenters. The molecule has 0 fully saturated rings. The first-order valence-corrected chi connectivity index (χ1v) is 6.86. The van der Waals surface area contributed by atoms with Gasteiger partial charge in [-0.2, -0.15) is 0 Å². The van der Waals surface area contributed by atoms with Crippen LogP contribution in [0.3, 0.4) is 0 Å². The van der Waals surface area contributed by atoms with E-state index in [9.17, 15) is 14.9 Å². The number of carbonyl (C=O) groups excluding carboxylic acids is 1. The van der Waals surface area contributed by atoms with Crippen LogP contribution in [0.1, 0.15) is 26.3 Å². The first kappa shape index (κ1) is 17.2. The van der Waals surface area contributed by atoms with Crippen molar-refractivity contribution in [2.45, 2.75) is 20.8 Å². The third-order valence-corrected chi connectivity index (χ3v) is 3.04. The summed E-state index contributed by atoms with van der Waals surface area (Å²) in [5.74, 6) is 0.149. The minimum atomic E-state index is -0.658. The first-order chi connectivity index (χ1) is 9.65. The Labute approximate surface area is 131 Å². The molecule has 0 N–H and O–H groups in total. The maximum atomic E-state index is 12.0. The number of hydrogen-bond donors (Lipinski definition) is 0. The third-order valence-electron chi connectivity index (χ3n) is 2.45. The van der Waals surface area contributed by atoms with E-state index in [0.29, 0.717) is 15.8 Å². The average Bonchev–Trinajstić information content (AvgIpc) is 2.37. The van der Waals surface area contributed by atoms with E-state index in [1.165, 1.54) is 13.2 Å². The minimum Gasteiger partial charge on any atom is -0.493 e. The summed E-state index contributed by atoms with van der Waals surface area (Å²) < 4.78 is 11.0. The van der Waals surface area contributed by atoms with Crippen molar-refractivity contribution in [1.29, 1.82) is 0 Å². The number of methoxy groups -OCH3 is 1. The lowest BCUT2D eigenvalue weighted by molar-refractivity contribution is -0.400. The minimum absolute atomic E-state index is 0.246. The molecule has 1 rings (SSSR count). The van der Waals surface area contributed by atoms with Gasteiger partial charge in [0, 0.05) is 6.08 Å². The Morgan fingerprint density at radius 3 is 2.48 bits per heavy atom. The number of rotatable bonds is 4. The van der Waals surface area contributed by atoms with Crippen molar-refractivity contribution in [2.24, 2.45) is 5.41 Å². The predicted molar refractivity (Wildman–Crippen MR) is 81.8 cm³/mol. The molecule has 0 amide bonds. The lowest BCUT2D eigenvalue weighted by Gasteiger charge is -2.18. The summed E-state index contributed by atoms with van der Waals surface area (Å²) >= 11 is 3.28. The molecule has 0 saturated carbocycles. The second kappa shape index (κ2) is 6.71. The van der Waals surface area contributed by atoms with Crippen molar-refractivity contribution in [3.05, 3.63) is 38.5 Å². The Kier molecular flexibility index (Phi) is 5.48. The fourth-order valence-electron chi connectivity index (χ4n) is 1.33. The van der Waals surface area contributed by atoms with Crippen LogP contribution in [0.2, 0.25) is 0 Å². The molecule has 0 aliphatic carbocycles. The highest BCUT2D eigenvalue weighted by atomic mass is 79.9. The molecule has 1 aromatic carbocycles. The first-order valence-electron chi connectivity index (χ1n) is 6.06. The van der Waals surface area contributed by atoms with E-state index in [1.807, 2.05) is 0 Å². The molecule has 0 aliphatic heterocycles. The van der Waals surface area contributed by atoms with Crippen LogP contribution in [0.4, 0.5) is 0 Å². The average molecular weight is 358 g/mol. The van der Waals surface area contributed by atoms with E-state index in [-0.39, 0.29) is 5.75 Å². The molecular formula is C14H16BrNO5. The molecule has 7 heteroatoms. The lowest BCUT2D eigenvalue weighted by Crippen LogP contribution is -2.25. The summed E-state index contributed by atoms with van der Waals surface area (Å²) in [6.07, 6.45) is 2.14. The van der Waals surface area contributed by atoms with Crippen LogP contribution >= 0.6 is 15.9 Å². The molecule has 21 heavy (non-hydrogen) atoms. The summed E-state index contributed by atoms with van der Waals surface area (Å²) in [4.78, 5) is 21.7. The number of carbonyl (C=O) groups is 1. The molecule has 0 aliphatic rings. The maximum absolute atomic E-state index is 12.0. The van der Waals surface area contributed by atoms with Crippen molar-refractivity contribution in [3.8, 4) is 11.5 Å². The van der Waals surface area contributed by atoms with Gasteiger partial charge < -0.3 is 9.47 Å². The van der Waals surface area contributed by atoms with Crippen molar-refractivity contribution >= 4 is 28.0 Å². The van der Waals surface area contributed by atoms with E-state index in [1.54, 1.807) is 32.9 Å². The van der Waals surface area contributed by atoms with Gasteiger partial charge in [-0.1, -0.05) is 0 Å². The number of ether oxygens (including phenoxy) is 2. The third kappa shape index (κ3) is 4.86. The molecule has 0 aromatic heterocycles. The standard InChI is InChI=1S/C14H16BrNO5/c1-14(2,3)13(17)21-12-10(15)7-9(5-6-16(18)19)8-11(12)20-4/h5-8H,1-4H3. The van der Waals surface area contributed by atoms with E-state index in [0.717, 1.165) is 6.20 Å². The summed E-state index contributed by atoms with van der Waals surface area (Å²) in [6, 6.07) is 3.16. The number of nitro groups is 1. The van der Waals surface area contributed by atoms with Gasteiger partial charge >= 0.3 is 5.97 Å². The molecule has 0 radical (unpaired) electrons. The number of halogens is 1. The van der Waals surface area contributed by atoms with E-state index in [4.69, 9.17) is 9.47 Å². The van der Waals surface area contributed by atoms with E-state index >= 15 is 0 Å². The zero-order valence-corrected chi connectivity index (χ0v) is 13.8. The highest BCUT2D eigenvalue weighted by Gasteiger charge is 2.26. The van der Waals surface area contributed by atoms with Crippen molar-refractivity contribution < 1.29 is 19.2 Å². The number of esters is 1. The van der Waals surface area contributed by atoms with Gasteiger partial charge in [-0.3, -0.25) is 14.9 Å². The van der Waals surface area contributed by atoms with Crippen LogP contribution in [-0.2, 0) is 4.79 Å². The zero-order valence-electron chi connectivity index (χ0n) is 12.2. The van der Waals surface area contributed by atoms with Crippen LogP contribution in [0.15, 0.2) is 22.8 Å². The largest absolute Gasteiger partial charge is 0.493 e. The Morgan fingerprint density at radius 2 is 2.00 bits per heavy atom. The highest BCUT2D eigenvalue weighted by Crippen LogP contribution is 2.38.